The molecule has 2 aromatic rings. The summed E-state index contributed by atoms with van der Waals surface area (Å²) in [4.78, 5) is 18.3. The lowest BCUT2D eigenvalue weighted by atomic mass is 9.90. The SMILES string of the molecule is CNC(=O)CN1CCC[C@@H](Cc2ccnc3ccccc23)C1. The number of pyridine rings is 1. The van der Waals surface area contributed by atoms with Crippen LogP contribution in [0.4, 0.5) is 0 Å². The molecule has 3 rings (SSSR count). The predicted octanol–water partition coefficient (Wildman–Crippen LogP) is 2.24. The molecular formula is C18H23N3O. The zero-order valence-corrected chi connectivity index (χ0v) is 13.1. The lowest BCUT2D eigenvalue weighted by molar-refractivity contribution is -0.122. The van der Waals surface area contributed by atoms with Gasteiger partial charge in [0, 0.05) is 25.2 Å². The molecule has 0 unspecified atom stereocenters. The van der Waals surface area contributed by atoms with Gasteiger partial charge < -0.3 is 5.32 Å². The highest BCUT2D eigenvalue weighted by Gasteiger charge is 2.22. The first kappa shape index (κ1) is 15.0. The molecule has 4 nitrogen and oxygen atoms in total. The number of aromatic nitrogens is 1. The number of rotatable bonds is 4. The maximum atomic E-state index is 11.6. The predicted molar refractivity (Wildman–Crippen MR) is 88.7 cm³/mol. The number of fused-ring (bicyclic) bond motifs is 1. The maximum Gasteiger partial charge on any atom is 0.233 e. The summed E-state index contributed by atoms with van der Waals surface area (Å²) in [5, 5.41) is 3.97. The summed E-state index contributed by atoms with van der Waals surface area (Å²) in [5.41, 5.74) is 2.44. The smallest absolute Gasteiger partial charge is 0.233 e. The number of para-hydroxylation sites is 1. The highest BCUT2D eigenvalue weighted by Crippen LogP contribution is 2.24. The number of amides is 1. The summed E-state index contributed by atoms with van der Waals surface area (Å²) >= 11 is 0. The Hall–Kier alpha value is -1.94. The molecule has 1 aromatic heterocycles. The quantitative estimate of drug-likeness (QED) is 0.941. The van der Waals surface area contributed by atoms with Gasteiger partial charge in [0.25, 0.3) is 0 Å². The number of likely N-dealkylation sites (N-methyl/N-ethyl adjacent to an activating group) is 1. The topological polar surface area (TPSA) is 45.2 Å². The van der Waals surface area contributed by atoms with Gasteiger partial charge in [-0.3, -0.25) is 14.7 Å². The number of carbonyl (C=O) groups excluding carboxylic acids is 1. The normalized spacial score (nSPS) is 19.2. The monoisotopic (exact) mass is 297 g/mol. The van der Waals surface area contributed by atoms with Crippen molar-refractivity contribution in [3.05, 3.63) is 42.1 Å². The van der Waals surface area contributed by atoms with E-state index in [9.17, 15) is 4.79 Å². The van der Waals surface area contributed by atoms with Crippen LogP contribution in [0.15, 0.2) is 36.5 Å². The highest BCUT2D eigenvalue weighted by atomic mass is 16.1. The number of hydrogen-bond acceptors (Lipinski definition) is 3. The van der Waals surface area contributed by atoms with Crippen molar-refractivity contribution < 1.29 is 4.79 Å². The van der Waals surface area contributed by atoms with E-state index in [0.717, 1.165) is 25.0 Å². The second-order valence-corrected chi connectivity index (χ2v) is 6.11. The fraction of sp³-hybridized carbons (Fsp3) is 0.444. The van der Waals surface area contributed by atoms with Crippen LogP contribution in [0, 0.1) is 5.92 Å². The molecule has 1 N–H and O–H groups in total. The van der Waals surface area contributed by atoms with Crippen molar-refractivity contribution in [1.29, 1.82) is 0 Å². The van der Waals surface area contributed by atoms with Gasteiger partial charge in [-0.05, 0) is 49.4 Å². The Morgan fingerprint density at radius 2 is 2.23 bits per heavy atom. The van der Waals surface area contributed by atoms with Crippen LogP contribution in [0.1, 0.15) is 18.4 Å². The minimum absolute atomic E-state index is 0.106. The highest BCUT2D eigenvalue weighted by molar-refractivity contribution is 5.81. The van der Waals surface area contributed by atoms with Crippen LogP contribution >= 0.6 is 0 Å². The van der Waals surface area contributed by atoms with E-state index in [-0.39, 0.29) is 5.91 Å². The summed E-state index contributed by atoms with van der Waals surface area (Å²) in [6.07, 6.45) is 5.38. The van der Waals surface area contributed by atoms with Crippen molar-refractivity contribution in [2.75, 3.05) is 26.7 Å². The van der Waals surface area contributed by atoms with E-state index in [0.29, 0.717) is 12.5 Å². The molecule has 1 aliphatic heterocycles. The number of carbonyl (C=O) groups is 1. The summed E-state index contributed by atoms with van der Waals surface area (Å²) in [5.74, 6) is 0.722. The molecular weight excluding hydrogens is 274 g/mol. The number of benzene rings is 1. The van der Waals surface area contributed by atoms with E-state index in [1.165, 1.54) is 23.8 Å². The molecule has 1 fully saturated rings. The van der Waals surface area contributed by atoms with Crippen LogP contribution in [0.3, 0.4) is 0 Å². The largest absolute Gasteiger partial charge is 0.358 e. The first-order valence-corrected chi connectivity index (χ1v) is 8.02. The molecule has 2 heterocycles. The first-order valence-electron chi connectivity index (χ1n) is 8.02. The van der Waals surface area contributed by atoms with Gasteiger partial charge in [-0.1, -0.05) is 18.2 Å². The second-order valence-electron chi connectivity index (χ2n) is 6.11. The number of nitrogens with zero attached hydrogens (tertiary/aromatic N) is 2. The Balaban J connectivity index is 1.70. The van der Waals surface area contributed by atoms with Gasteiger partial charge in [-0.2, -0.15) is 0 Å². The fourth-order valence-electron chi connectivity index (χ4n) is 3.39. The number of piperidine rings is 1. The molecule has 22 heavy (non-hydrogen) atoms. The molecule has 116 valence electrons. The van der Waals surface area contributed by atoms with E-state index < -0.39 is 0 Å². The van der Waals surface area contributed by atoms with Gasteiger partial charge in [0.05, 0.1) is 12.1 Å². The summed E-state index contributed by atoms with van der Waals surface area (Å²) in [7, 11) is 1.70. The lowest BCUT2D eigenvalue weighted by Crippen LogP contribution is -2.42. The molecule has 0 spiro atoms. The summed E-state index contributed by atoms with van der Waals surface area (Å²) in [6, 6.07) is 10.5. The number of likely N-dealkylation sites (tertiary alicyclic amines) is 1. The van der Waals surface area contributed by atoms with Gasteiger partial charge >= 0.3 is 0 Å². The van der Waals surface area contributed by atoms with Crippen LogP contribution < -0.4 is 5.32 Å². The van der Waals surface area contributed by atoms with E-state index >= 15 is 0 Å². The third-order valence-corrected chi connectivity index (χ3v) is 4.50. The minimum Gasteiger partial charge on any atom is -0.358 e. The Bertz CT molecular complexity index is 650. The molecule has 0 aliphatic carbocycles. The maximum absolute atomic E-state index is 11.6. The van der Waals surface area contributed by atoms with E-state index in [4.69, 9.17) is 0 Å². The van der Waals surface area contributed by atoms with Gasteiger partial charge in [0.1, 0.15) is 0 Å². The first-order chi connectivity index (χ1) is 10.8. The zero-order chi connectivity index (χ0) is 15.4. The van der Waals surface area contributed by atoms with Gasteiger partial charge in [0.2, 0.25) is 5.91 Å². The summed E-state index contributed by atoms with van der Waals surface area (Å²) < 4.78 is 0. The molecule has 1 amide bonds. The average molecular weight is 297 g/mol. The molecule has 0 saturated carbocycles. The van der Waals surface area contributed by atoms with Crippen LogP contribution in [0.25, 0.3) is 10.9 Å². The van der Waals surface area contributed by atoms with Crippen molar-refractivity contribution in [1.82, 2.24) is 15.2 Å². The van der Waals surface area contributed by atoms with Crippen molar-refractivity contribution in [3.8, 4) is 0 Å². The Morgan fingerprint density at radius 3 is 3.09 bits per heavy atom. The number of hydrogen-bond donors (Lipinski definition) is 1. The van der Waals surface area contributed by atoms with E-state index in [1.54, 1.807) is 7.05 Å². The zero-order valence-electron chi connectivity index (χ0n) is 13.1. The third-order valence-electron chi connectivity index (χ3n) is 4.50. The standard InChI is InChI=1S/C18H23N3O/c1-19-18(22)13-21-10-4-5-14(12-21)11-15-8-9-20-17-7-3-2-6-16(15)17/h2-3,6-9,14H,4-5,10-13H2,1H3,(H,19,22)/t14-/m0/s1. The molecule has 1 atom stereocenters. The average Bonchev–Trinajstić information content (AvgIpc) is 2.55. The van der Waals surface area contributed by atoms with Crippen LogP contribution in [0.2, 0.25) is 0 Å². The molecule has 0 bridgehead atoms. The molecule has 1 aliphatic rings. The van der Waals surface area contributed by atoms with Crippen molar-refractivity contribution in [2.45, 2.75) is 19.3 Å². The molecule has 4 heteroatoms. The van der Waals surface area contributed by atoms with Crippen molar-refractivity contribution >= 4 is 16.8 Å². The Kier molecular flexibility index (Phi) is 4.68. The van der Waals surface area contributed by atoms with Gasteiger partial charge in [-0.15, -0.1) is 0 Å². The molecule has 1 saturated heterocycles. The molecule has 1 aromatic carbocycles. The van der Waals surface area contributed by atoms with Crippen LogP contribution in [-0.2, 0) is 11.2 Å². The Labute approximate surface area is 131 Å². The van der Waals surface area contributed by atoms with Gasteiger partial charge in [-0.25, -0.2) is 0 Å². The van der Waals surface area contributed by atoms with Crippen molar-refractivity contribution in [2.24, 2.45) is 5.92 Å². The van der Waals surface area contributed by atoms with Crippen LogP contribution in [0.5, 0.6) is 0 Å². The van der Waals surface area contributed by atoms with Gasteiger partial charge in [0.15, 0.2) is 0 Å². The van der Waals surface area contributed by atoms with E-state index in [1.807, 2.05) is 12.3 Å². The third kappa shape index (κ3) is 3.45. The molecule has 0 radical (unpaired) electrons. The fourth-order valence-corrected chi connectivity index (χ4v) is 3.39. The number of nitrogens with one attached hydrogen (secondary N) is 1. The second kappa shape index (κ2) is 6.88. The minimum atomic E-state index is 0.106. The Morgan fingerprint density at radius 1 is 1.36 bits per heavy atom. The van der Waals surface area contributed by atoms with Crippen molar-refractivity contribution in [3.63, 3.8) is 0 Å². The lowest BCUT2D eigenvalue weighted by Gasteiger charge is -2.32. The van der Waals surface area contributed by atoms with E-state index in [2.05, 4.69) is 39.5 Å². The summed E-state index contributed by atoms with van der Waals surface area (Å²) in [6.45, 7) is 2.55. The van der Waals surface area contributed by atoms with Crippen LogP contribution in [-0.4, -0.2) is 42.5 Å².